The Morgan fingerprint density at radius 1 is 1.27 bits per heavy atom. The third kappa shape index (κ3) is 3.09. The fourth-order valence-corrected chi connectivity index (χ4v) is 3.40. The lowest BCUT2D eigenvalue weighted by molar-refractivity contribution is 0.159. The topological polar surface area (TPSA) is 47.1 Å². The molecule has 0 amide bonds. The molecule has 3 heterocycles. The van der Waals surface area contributed by atoms with E-state index in [1.807, 2.05) is 13.1 Å². The van der Waals surface area contributed by atoms with Crippen LogP contribution in [0.5, 0.6) is 0 Å². The summed E-state index contributed by atoms with van der Waals surface area (Å²) in [5.74, 6) is 1.01. The summed E-state index contributed by atoms with van der Waals surface area (Å²) in [5.41, 5.74) is 3.57. The van der Waals surface area contributed by atoms with E-state index in [4.69, 9.17) is 4.52 Å². The fraction of sp³-hybridized carbons (Fsp3) is 0.647. The molecule has 22 heavy (non-hydrogen) atoms. The van der Waals surface area contributed by atoms with Crippen LogP contribution in [0.1, 0.15) is 61.4 Å². The van der Waals surface area contributed by atoms with Crippen LogP contribution in [0.3, 0.4) is 0 Å². The number of rotatable bonds is 4. The van der Waals surface area contributed by atoms with Gasteiger partial charge in [0.25, 0.3) is 0 Å². The van der Waals surface area contributed by atoms with E-state index in [1.54, 1.807) is 0 Å². The minimum absolute atomic E-state index is 0.341. The predicted octanol–water partition coefficient (Wildman–Crippen LogP) is 3.63. The standard InChI is InChI=1S/C17H26N4O/c1-4-21-14(3)15(11-18-21)12-20-9-7-5-6-8-16(20)17-10-13(2)19-22-17/h10-11,16H,4-9,12H2,1-3H3. The summed E-state index contributed by atoms with van der Waals surface area (Å²) in [7, 11) is 0. The Labute approximate surface area is 132 Å². The van der Waals surface area contributed by atoms with Gasteiger partial charge in [0.05, 0.1) is 17.9 Å². The van der Waals surface area contributed by atoms with Gasteiger partial charge in [-0.15, -0.1) is 0 Å². The second-order valence-electron chi connectivity index (χ2n) is 6.28. The van der Waals surface area contributed by atoms with Crippen molar-refractivity contribution in [3.8, 4) is 0 Å². The lowest BCUT2D eigenvalue weighted by Gasteiger charge is -2.27. The highest BCUT2D eigenvalue weighted by Crippen LogP contribution is 2.32. The van der Waals surface area contributed by atoms with E-state index in [-0.39, 0.29) is 0 Å². The number of hydrogen-bond acceptors (Lipinski definition) is 4. The minimum atomic E-state index is 0.341. The predicted molar refractivity (Wildman–Crippen MR) is 85.5 cm³/mol. The van der Waals surface area contributed by atoms with Gasteiger partial charge in [-0.3, -0.25) is 9.58 Å². The van der Waals surface area contributed by atoms with Crippen molar-refractivity contribution in [1.82, 2.24) is 19.8 Å². The van der Waals surface area contributed by atoms with Crippen molar-refractivity contribution in [1.29, 1.82) is 0 Å². The Bertz CT molecular complexity index is 616. The van der Waals surface area contributed by atoms with Gasteiger partial charge in [-0.05, 0) is 40.2 Å². The maximum atomic E-state index is 5.57. The summed E-state index contributed by atoms with van der Waals surface area (Å²) in [5, 5.41) is 8.56. The quantitative estimate of drug-likeness (QED) is 0.865. The van der Waals surface area contributed by atoms with E-state index in [2.05, 4.69) is 39.8 Å². The van der Waals surface area contributed by atoms with E-state index in [0.717, 1.165) is 37.5 Å². The monoisotopic (exact) mass is 302 g/mol. The molecule has 0 aromatic carbocycles. The number of hydrogen-bond donors (Lipinski definition) is 0. The summed E-state index contributed by atoms with van der Waals surface area (Å²) in [6, 6.07) is 2.43. The lowest BCUT2D eigenvalue weighted by Crippen LogP contribution is -2.28. The van der Waals surface area contributed by atoms with Crippen LogP contribution in [0.15, 0.2) is 16.8 Å². The average Bonchev–Trinajstić information content (AvgIpc) is 3.00. The highest BCUT2D eigenvalue weighted by atomic mass is 16.5. The van der Waals surface area contributed by atoms with Crippen molar-refractivity contribution in [3.63, 3.8) is 0 Å². The van der Waals surface area contributed by atoms with Crippen molar-refractivity contribution in [3.05, 3.63) is 35.0 Å². The molecule has 1 unspecified atom stereocenters. The van der Waals surface area contributed by atoms with Crippen LogP contribution in [-0.2, 0) is 13.1 Å². The van der Waals surface area contributed by atoms with Gasteiger partial charge in [-0.2, -0.15) is 5.10 Å². The summed E-state index contributed by atoms with van der Waals surface area (Å²) in [4.78, 5) is 2.54. The Kier molecular flexibility index (Phi) is 4.62. The summed E-state index contributed by atoms with van der Waals surface area (Å²) in [6.07, 6.45) is 6.98. The number of aromatic nitrogens is 3. The Balaban J connectivity index is 1.82. The molecule has 3 rings (SSSR count). The Morgan fingerprint density at radius 2 is 2.14 bits per heavy atom. The first-order valence-electron chi connectivity index (χ1n) is 8.37. The van der Waals surface area contributed by atoms with Gasteiger partial charge >= 0.3 is 0 Å². The van der Waals surface area contributed by atoms with E-state index in [1.165, 1.54) is 30.5 Å². The highest BCUT2D eigenvalue weighted by Gasteiger charge is 2.26. The number of nitrogens with zero attached hydrogens (tertiary/aromatic N) is 4. The molecule has 0 spiro atoms. The highest BCUT2D eigenvalue weighted by molar-refractivity contribution is 5.17. The van der Waals surface area contributed by atoms with Gasteiger partial charge in [-0.1, -0.05) is 18.0 Å². The second kappa shape index (κ2) is 6.65. The van der Waals surface area contributed by atoms with Crippen LogP contribution in [0, 0.1) is 13.8 Å². The zero-order chi connectivity index (χ0) is 15.5. The van der Waals surface area contributed by atoms with E-state index in [9.17, 15) is 0 Å². The van der Waals surface area contributed by atoms with E-state index >= 15 is 0 Å². The molecular formula is C17H26N4O. The van der Waals surface area contributed by atoms with Gasteiger partial charge in [0, 0.05) is 30.4 Å². The van der Waals surface area contributed by atoms with Crippen LogP contribution >= 0.6 is 0 Å². The SMILES string of the molecule is CCn1ncc(CN2CCCCCC2c2cc(C)no2)c1C. The van der Waals surface area contributed by atoms with Gasteiger partial charge in [0.1, 0.15) is 0 Å². The van der Waals surface area contributed by atoms with E-state index in [0.29, 0.717) is 6.04 Å². The zero-order valence-electron chi connectivity index (χ0n) is 13.9. The Morgan fingerprint density at radius 3 is 2.82 bits per heavy atom. The van der Waals surface area contributed by atoms with Crippen molar-refractivity contribution in [2.45, 2.75) is 65.6 Å². The second-order valence-corrected chi connectivity index (χ2v) is 6.28. The minimum Gasteiger partial charge on any atom is -0.359 e. The maximum Gasteiger partial charge on any atom is 0.154 e. The first kappa shape index (κ1) is 15.3. The summed E-state index contributed by atoms with van der Waals surface area (Å²) < 4.78 is 7.64. The maximum absolute atomic E-state index is 5.57. The fourth-order valence-electron chi connectivity index (χ4n) is 3.40. The molecule has 1 fully saturated rings. The number of aryl methyl sites for hydroxylation is 2. The largest absolute Gasteiger partial charge is 0.359 e. The molecule has 2 aromatic heterocycles. The molecule has 0 N–H and O–H groups in total. The van der Waals surface area contributed by atoms with Crippen LogP contribution in [0.4, 0.5) is 0 Å². The molecule has 0 bridgehead atoms. The molecule has 1 saturated heterocycles. The molecule has 0 aliphatic carbocycles. The summed E-state index contributed by atoms with van der Waals surface area (Å²) >= 11 is 0. The zero-order valence-corrected chi connectivity index (χ0v) is 13.9. The molecule has 5 nitrogen and oxygen atoms in total. The van der Waals surface area contributed by atoms with Crippen LogP contribution in [0.2, 0.25) is 0 Å². The van der Waals surface area contributed by atoms with Crippen LogP contribution in [-0.4, -0.2) is 26.4 Å². The molecule has 1 atom stereocenters. The smallest absolute Gasteiger partial charge is 0.154 e. The van der Waals surface area contributed by atoms with Crippen molar-refractivity contribution in [2.75, 3.05) is 6.54 Å². The normalized spacial score (nSPS) is 20.2. The molecule has 1 aliphatic rings. The van der Waals surface area contributed by atoms with Gasteiger partial charge in [0.15, 0.2) is 5.76 Å². The van der Waals surface area contributed by atoms with Crippen molar-refractivity contribution < 1.29 is 4.52 Å². The molecule has 5 heteroatoms. The summed E-state index contributed by atoms with van der Waals surface area (Å²) in [6.45, 7) is 9.27. The number of likely N-dealkylation sites (tertiary alicyclic amines) is 1. The molecular weight excluding hydrogens is 276 g/mol. The first-order chi connectivity index (χ1) is 10.7. The molecule has 1 aliphatic heterocycles. The average molecular weight is 302 g/mol. The van der Waals surface area contributed by atoms with Crippen molar-refractivity contribution in [2.24, 2.45) is 0 Å². The third-order valence-corrected chi connectivity index (χ3v) is 4.72. The lowest BCUT2D eigenvalue weighted by atomic mass is 10.1. The molecule has 120 valence electrons. The van der Waals surface area contributed by atoms with Gasteiger partial charge in [-0.25, -0.2) is 0 Å². The van der Waals surface area contributed by atoms with Gasteiger partial charge in [0.2, 0.25) is 0 Å². The Hall–Kier alpha value is -1.62. The molecule has 2 aromatic rings. The van der Waals surface area contributed by atoms with Crippen molar-refractivity contribution >= 4 is 0 Å². The molecule has 0 saturated carbocycles. The van der Waals surface area contributed by atoms with Crippen LogP contribution < -0.4 is 0 Å². The third-order valence-electron chi connectivity index (χ3n) is 4.72. The van der Waals surface area contributed by atoms with E-state index < -0.39 is 0 Å². The molecule has 0 radical (unpaired) electrons. The first-order valence-corrected chi connectivity index (χ1v) is 8.37. The van der Waals surface area contributed by atoms with Gasteiger partial charge < -0.3 is 4.52 Å². The van der Waals surface area contributed by atoms with Crippen LogP contribution in [0.25, 0.3) is 0 Å².